The molecule has 0 aromatic heterocycles. The van der Waals surface area contributed by atoms with E-state index in [0.29, 0.717) is 18.5 Å². The molecule has 2 N–H and O–H groups in total. The van der Waals surface area contributed by atoms with Crippen LogP contribution in [0.4, 0.5) is 0 Å². The van der Waals surface area contributed by atoms with Crippen molar-refractivity contribution in [2.45, 2.75) is 18.9 Å². The summed E-state index contributed by atoms with van der Waals surface area (Å²) in [5.41, 5.74) is 5.48. The highest BCUT2D eigenvalue weighted by atomic mass is 28.4. The molecule has 0 saturated heterocycles. The van der Waals surface area contributed by atoms with Crippen LogP contribution in [0.2, 0.25) is 5.54 Å². The van der Waals surface area contributed by atoms with Gasteiger partial charge in [-0.3, -0.25) is 4.79 Å². The van der Waals surface area contributed by atoms with Crippen LogP contribution in [0, 0.1) is 0 Å². The molecule has 0 amide bonds. The van der Waals surface area contributed by atoms with Crippen LogP contribution in [0.15, 0.2) is 12.2 Å². The molecular weight excluding hydrogens is 226 g/mol. The smallest absolute Gasteiger partial charge is 0.376 e. The van der Waals surface area contributed by atoms with Crippen molar-refractivity contribution < 1.29 is 18.1 Å². The summed E-state index contributed by atoms with van der Waals surface area (Å²) >= 11 is 0. The highest BCUT2D eigenvalue weighted by Gasteiger charge is 2.50. The molecule has 0 rings (SSSR count). The van der Waals surface area contributed by atoms with Crippen LogP contribution >= 0.6 is 0 Å². The predicted octanol–water partition coefficient (Wildman–Crippen LogP) is 0.729. The number of rotatable bonds is 8. The van der Waals surface area contributed by atoms with E-state index in [1.54, 1.807) is 6.92 Å². The second-order valence-electron chi connectivity index (χ2n) is 3.49. The lowest BCUT2D eigenvalue weighted by Crippen LogP contribution is -2.51. The minimum absolute atomic E-state index is 0.109. The van der Waals surface area contributed by atoms with Gasteiger partial charge in [-0.05, 0) is 25.5 Å². The largest absolute Gasteiger partial charge is 0.511 e. The number of nitrogens with two attached hydrogens (primary N) is 1. The van der Waals surface area contributed by atoms with E-state index in [9.17, 15) is 4.79 Å². The van der Waals surface area contributed by atoms with Crippen LogP contribution in [-0.4, -0.2) is 42.5 Å². The summed E-state index contributed by atoms with van der Waals surface area (Å²) in [6, 6.07) is 0. The molecule has 0 radical (unpaired) electrons. The van der Waals surface area contributed by atoms with Gasteiger partial charge in [0, 0.05) is 21.3 Å². The molecular formula is C10H21NO4Si. The van der Waals surface area contributed by atoms with E-state index in [0.717, 1.165) is 0 Å². The molecule has 0 aliphatic heterocycles. The van der Waals surface area contributed by atoms with E-state index in [4.69, 9.17) is 19.0 Å². The van der Waals surface area contributed by atoms with Crippen LogP contribution in [0.3, 0.4) is 0 Å². The van der Waals surface area contributed by atoms with E-state index in [2.05, 4.69) is 6.58 Å². The number of ketones is 1. The fourth-order valence-electron chi connectivity index (χ4n) is 1.61. The topological polar surface area (TPSA) is 70.8 Å². The molecule has 5 nitrogen and oxygen atoms in total. The van der Waals surface area contributed by atoms with Crippen molar-refractivity contribution in [2.24, 2.45) is 5.73 Å². The lowest BCUT2D eigenvalue weighted by Gasteiger charge is -2.31. The molecule has 94 valence electrons. The van der Waals surface area contributed by atoms with Crippen molar-refractivity contribution in [3.05, 3.63) is 12.2 Å². The maximum atomic E-state index is 12.0. The van der Waals surface area contributed by atoms with Crippen molar-refractivity contribution >= 4 is 14.6 Å². The molecule has 0 aromatic carbocycles. The van der Waals surface area contributed by atoms with Gasteiger partial charge in [-0.1, -0.05) is 6.58 Å². The molecule has 0 fully saturated rings. The molecule has 0 bridgehead atoms. The first kappa shape index (κ1) is 15.5. The van der Waals surface area contributed by atoms with Gasteiger partial charge in [0.05, 0.1) is 5.54 Å². The summed E-state index contributed by atoms with van der Waals surface area (Å²) in [6.45, 7) is 5.67. The van der Waals surface area contributed by atoms with Gasteiger partial charge in [0.2, 0.25) is 0 Å². The number of Topliss-reactive ketones (excluding diaryl/α,β-unsaturated/α-hetero) is 1. The standard InChI is InChI=1S/C10H21NO4Si/c1-8(2)10(12)9(6-7-11)16(13-3,14-4)15-5/h9H,1,6-7,11H2,2-5H3. The number of carbonyl (C=O) groups is 1. The van der Waals surface area contributed by atoms with Crippen molar-refractivity contribution in [1.29, 1.82) is 0 Å². The third-order valence-electron chi connectivity index (χ3n) is 2.47. The summed E-state index contributed by atoms with van der Waals surface area (Å²) in [4.78, 5) is 12.0. The van der Waals surface area contributed by atoms with Gasteiger partial charge in [0.15, 0.2) is 5.78 Å². The third kappa shape index (κ3) is 3.23. The van der Waals surface area contributed by atoms with E-state index in [-0.39, 0.29) is 5.78 Å². The summed E-state index contributed by atoms with van der Waals surface area (Å²) in [5.74, 6) is -0.109. The fourth-order valence-corrected chi connectivity index (χ4v) is 4.05. The maximum Gasteiger partial charge on any atom is 0.511 e. The quantitative estimate of drug-likeness (QED) is 0.506. The van der Waals surface area contributed by atoms with Crippen LogP contribution in [0.5, 0.6) is 0 Å². The summed E-state index contributed by atoms with van der Waals surface area (Å²) in [6.07, 6.45) is 0.466. The first-order valence-electron chi connectivity index (χ1n) is 5.04. The average Bonchev–Trinajstić information content (AvgIpc) is 2.29. The van der Waals surface area contributed by atoms with Crippen molar-refractivity contribution in [1.82, 2.24) is 0 Å². The van der Waals surface area contributed by atoms with Gasteiger partial charge in [0.25, 0.3) is 0 Å². The molecule has 1 unspecified atom stereocenters. The van der Waals surface area contributed by atoms with Crippen molar-refractivity contribution in [2.75, 3.05) is 27.9 Å². The molecule has 0 saturated carbocycles. The minimum Gasteiger partial charge on any atom is -0.376 e. The summed E-state index contributed by atoms with van der Waals surface area (Å²) in [7, 11) is 1.46. The second kappa shape index (κ2) is 6.92. The lowest BCUT2D eigenvalue weighted by atomic mass is 10.1. The van der Waals surface area contributed by atoms with Gasteiger partial charge in [-0.25, -0.2) is 0 Å². The molecule has 0 aromatic rings. The van der Waals surface area contributed by atoms with E-state index in [1.165, 1.54) is 21.3 Å². The monoisotopic (exact) mass is 247 g/mol. The van der Waals surface area contributed by atoms with Gasteiger partial charge in [-0.15, -0.1) is 0 Å². The van der Waals surface area contributed by atoms with Gasteiger partial charge >= 0.3 is 8.80 Å². The fraction of sp³-hybridized carbons (Fsp3) is 0.700. The lowest BCUT2D eigenvalue weighted by molar-refractivity contribution is -0.116. The van der Waals surface area contributed by atoms with Gasteiger partial charge < -0.3 is 19.0 Å². The highest BCUT2D eigenvalue weighted by molar-refractivity contribution is 6.67. The zero-order valence-corrected chi connectivity index (χ0v) is 11.4. The Kier molecular flexibility index (Phi) is 6.69. The average molecular weight is 247 g/mol. The maximum absolute atomic E-state index is 12.0. The molecule has 0 spiro atoms. The zero-order valence-electron chi connectivity index (χ0n) is 10.4. The minimum atomic E-state index is -2.98. The predicted molar refractivity (Wildman–Crippen MR) is 64.0 cm³/mol. The van der Waals surface area contributed by atoms with E-state index < -0.39 is 14.3 Å². The number of hydrogen-bond acceptors (Lipinski definition) is 5. The molecule has 0 aliphatic rings. The van der Waals surface area contributed by atoms with E-state index in [1.807, 2.05) is 0 Å². The first-order chi connectivity index (χ1) is 7.48. The van der Waals surface area contributed by atoms with Crippen LogP contribution in [-0.2, 0) is 18.1 Å². The highest BCUT2D eigenvalue weighted by Crippen LogP contribution is 2.30. The SMILES string of the molecule is C=C(C)C(=O)C(CCN)[Si](OC)(OC)OC. The van der Waals surface area contributed by atoms with Crippen LogP contribution in [0.25, 0.3) is 0 Å². The zero-order chi connectivity index (χ0) is 12.8. The van der Waals surface area contributed by atoms with Crippen LogP contribution < -0.4 is 5.73 Å². The Morgan fingerprint density at radius 3 is 2.00 bits per heavy atom. The Morgan fingerprint density at radius 2 is 1.75 bits per heavy atom. The third-order valence-corrected chi connectivity index (χ3v) is 5.58. The van der Waals surface area contributed by atoms with E-state index >= 15 is 0 Å². The Hall–Kier alpha value is -0.533. The normalized spacial score (nSPS) is 13.6. The molecule has 0 heterocycles. The molecule has 0 aliphatic carbocycles. The second-order valence-corrected chi connectivity index (χ2v) is 6.62. The Balaban J connectivity index is 5.13. The molecule has 6 heteroatoms. The Labute approximate surface area is 97.9 Å². The Morgan fingerprint density at radius 1 is 1.31 bits per heavy atom. The summed E-state index contributed by atoms with van der Waals surface area (Å²) < 4.78 is 15.9. The van der Waals surface area contributed by atoms with Gasteiger partial charge in [-0.2, -0.15) is 0 Å². The molecule has 1 atom stereocenters. The Bertz CT molecular complexity index is 245. The van der Waals surface area contributed by atoms with Crippen molar-refractivity contribution in [3.63, 3.8) is 0 Å². The number of hydrogen-bond donors (Lipinski definition) is 1. The number of carbonyl (C=O) groups excluding carboxylic acids is 1. The summed E-state index contributed by atoms with van der Waals surface area (Å²) in [5, 5.41) is 0. The number of allylic oxidation sites excluding steroid dienone is 1. The molecule has 16 heavy (non-hydrogen) atoms. The van der Waals surface area contributed by atoms with Crippen molar-refractivity contribution in [3.8, 4) is 0 Å². The van der Waals surface area contributed by atoms with Crippen LogP contribution in [0.1, 0.15) is 13.3 Å². The van der Waals surface area contributed by atoms with Gasteiger partial charge in [0.1, 0.15) is 0 Å². The first-order valence-corrected chi connectivity index (χ1v) is 6.84.